The van der Waals surface area contributed by atoms with Crippen molar-refractivity contribution in [3.63, 3.8) is 0 Å². The van der Waals surface area contributed by atoms with Crippen molar-refractivity contribution in [3.05, 3.63) is 59.4 Å². The molecule has 0 aliphatic rings. The molecule has 0 unspecified atom stereocenters. The van der Waals surface area contributed by atoms with Crippen molar-refractivity contribution in [2.45, 2.75) is 13.8 Å². The number of aryl methyl sites for hydroxylation is 2. The first-order chi connectivity index (χ1) is 10.1. The van der Waals surface area contributed by atoms with Crippen LogP contribution in [0.3, 0.4) is 0 Å². The highest BCUT2D eigenvalue weighted by molar-refractivity contribution is 5.92. The van der Waals surface area contributed by atoms with E-state index in [0.29, 0.717) is 5.56 Å². The Labute approximate surface area is 122 Å². The first-order valence-electron chi connectivity index (χ1n) is 6.62. The van der Waals surface area contributed by atoms with E-state index < -0.39 is 5.97 Å². The molecule has 1 heterocycles. The maximum Gasteiger partial charge on any atom is 0.335 e. The van der Waals surface area contributed by atoms with Crippen LogP contribution in [0, 0.1) is 13.8 Å². The summed E-state index contributed by atoms with van der Waals surface area (Å²) in [7, 11) is 0. The van der Waals surface area contributed by atoms with Crippen LogP contribution in [0.25, 0.3) is 21.9 Å². The van der Waals surface area contributed by atoms with Crippen molar-refractivity contribution in [2.24, 2.45) is 0 Å². The van der Waals surface area contributed by atoms with Gasteiger partial charge in [0.05, 0.1) is 17.5 Å². The number of hydrogen-bond acceptors (Lipinski definition) is 3. The molecule has 0 saturated heterocycles. The van der Waals surface area contributed by atoms with E-state index in [2.05, 4.69) is 10.2 Å². The second-order valence-corrected chi connectivity index (χ2v) is 5.07. The molecule has 4 nitrogen and oxygen atoms in total. The third-order valence-electron chi connectivity index (χ3n) is 3.64. The van der Waals surface area contributed by atoms with Crippen molar-refractivity contribution in [2.75, 3.05) is 0 Å². The third kappa shape index (κ3) is 2.36. The SMILES string of the molecule is Cc1ccc(C(=O)O)cc1-c1ccc2c(C)nncc2c1. The number of nitrogens with zero attached hydrogens (tertiary/aromatic N) is 2. The molecular formula is C17H14N2O2. The van der Waals surface area contributed by atoms with E-state index in [1.807, 2.05) is 38.1 Å². The number of carbonyl (C=O) groups is 1. The van der Waals surface area contributed by atoms with Gasteiger partial charge < -0.3 is 5.11 Å². The van der Waals surface area contributed by atoms with Crippen LogP contribution in [0.15, 0.2) is 42.6 Å². The van der Waals surface area contributed by atoms with Gasteiger partial charge in [0.1, 0.15) is 0 Å². The molecule has 0 aliphatic heterocycles. The minimum atomic E-state index is -0.918. The topological polar surface area (TPSA) is 63.1 Å². The average molecular weight is 278 g/mol. The van der Waals surface area contributed by atoms with Crippen LogP contribution in [0.5, 0.6) is 0 Å². The van der Waals surface area contributed by atoms with Crippen molar-refractivity contribution in [1.82, 2.24) is 10.2 Å². The molecule has 2 aromatic carbocycles. The Morgan fingerprint density at radius 2 is 1.90 bits per heavy atom. The Morgan fingerprint density at radius 1 is 1.10 bits per heavy atom. The summed E-state index contributed by atoms with van der Waals surface area (Å²) >= 11 is 0. The van der Waals surface area contributed by atoms with Crippen molar-refractivity contribution >= 4 is 16.7 Å². The first-order valence-corrected chi connectivity index (χ1v) is 6.62. The zero-order chi connectivity index (χ0) is 15.0. The van der Waals surface area contributed by atoms with E-state index in [4.69, 9.17) is 5.11 Å². The summed E-state index contributed by atoms with van der Waals surface area (Å²) in [5.74, 6) is -0.918. The minimum absolute atomic E-state index is 0.291. The molecule has 0 amide bonds. The summed E-state index contributed by atoms with van der Waals surface area (Å²) in [5, 5.41) is 19.2. The number of benzene rings is 2. The molecule has 0 spiro atoms. The van der Waals surface area contributed by atoms with Crippen LogP contribution < -0.4 is 0 Å². The second kappa shape index (κ2) is 4.98. The number of aromatic carboxylic acids is 1. The van der Waals surface area contributed by atoms with Crippen molar-refractivity contribution in [1.29, 1.82) is 0 Å². The fourth-order valence-electron chi connectivity index (χ4n) is 2.46. The molecular weight excluding hydrogens is 264 g/mol. The lowest BCUT2D eigenvalue weighted by Gasteiger charge is -2.09. The van der Waals surface area contributed by atoms with Gasteiger partial charge in [0.15, 0.2) is 0 Å². The van der Waals surface area contributed by atoms with Gasteiger partial charge in [0, 0.05) is 10.8 Å². The number of rotatable bonds is 2. The average Bonchev–Trinajstić information content (AvgIpc) is 2.47. The molecule has 0 bridgehead atoms. The summed E-state index contributed by atoms with van der Waals surface area (Å²) in [4.78, 5) is 11.1. The van der Waals surface area contributed by atoms with Gasteiger partial charge in [-0.2, -0.15) is 10.2 Å². The van der Waals surface area contributed by atoms with E-state index in [1.165, 1.54) is 0 Å². The standard InChI is InChI=1S/C17H14N2O2/c1-10-3-4-13(17(20)21)8-16(10)12-5-6-15-11(2)19-18-9-14(15)7-12/h3-9H,1-2H3,(H,20,21). The largest absolute Gasteiger partial charge is 0.478 e. The zero-order valence-electron chi connectivity index (χ0n) is 11.8. The van der Waals surface area contributed by atoms with Crippen molar-refractivity contribution < 1.29 is 9.90 Å². The van der Waals surface area contributed by atoms with Gasteiger partial charge in [-0.05, 0) is 48.7 Å². The van der Waals surface area contributed by atoms with Crippen LogP contribution in [0.1, 0.15) is 21.6 Å². The molecule has 1 aromatic heterocycles. The van der Waals surface area contributed by atoms with Crippen LogP contribution in [0.2, 0.25) is 0 Å². The maximum absolute atomic E-state index is 11.1. The first kappa shape index (κ1) is 13.2. The van der Waals surface area contributed by atoms with Gasteiger partial charge in [-0.3, -0.25) is 0 Å². The number of carboxylic acid groups (broad SMARTS) is 1. The van der Waals surface area contributed by atoms with Gasteiger partial charge in [0.25, 0.3) is 0 Å². The number of hydrogen-bond donors (Lipinski definition) is 1. The predicted molar refractivity (Wildman–Crippen MR) is 81.4 cm³/mol. The molecule has 3 aromatic rings. The van der Waals surface area contributed by atoms with Crippen LogP contribution in [-0.2, 0) is 0 Å². The van der Waals surface area contributed by atoms with E-state index in [-0.39, 0.29) is 0 Å². The van der Waals surface area contributed by atoms with Gasteiger partial charge in [0.2, 0.25) is 0 Å². The monoisotopic (exact) mass is 278 g/mol. The van der Waals surface area contributed by atoms with Crippen LogP contribution in [-0.4, -0.2) is 21.3 Å². The van der Waals surface area contributed by atoms with Gasteiger partial charge in [-0.15, -0.1) is 0 Å². The fourth-order valence-corrected chi connectivity index (χ4v) is 2.46. The summed E-state index contributed by atoms with van der Waals surface area (Å²) < 4.78 is 0. The van der Waals surface area contributed by atoms with Crippen LogP contribution >= 0.6 is 0 Å². The number of fused-ring (bicyclic) bond motifs is 1. The Hall–Kier alpha value is -2.75. The lowest BCUT2D eigenvalue weighted by Crippen LogP contribution is -1.97. The lowest BCUT2D eigenvalue weighted by atomic mass is 9.96. The molecule has 21 heavy (non-hydrogen) atoms. The molecule has 0 atom stereocenters. The van der Waals surface area contributed by atoms with E-state index in [0.717, 1.165) is 33.2 Å². The Balaban J connectivity index is 2.20. The maximum atomic E-state index is 11.1. The van der Waals surface area contributed by atoms with Gasteiger partial charge in [-0.25, -0.2) is 4.79 Å². The van der Waals surface area contributed by atoms with Gasteiger partial charge in [-0.1, -0.05) is 18.2 Å². The highest BCUT2D eigenvalue weighted by Crippen LogP contribution is 2.28. The number of carboxylic acids is 1. The lowest BCUT2D eigenvalue weighted by molar-refractivity contribution is 0.0697. The number of aromatic nitrogens is 2. The highest BCUT2D eigenvalue weighted by atomic mass is 16.4. The van der Waals surface area contributed by atoms with Gasteiger partial charge >= 0.3 is 5.97 Å². The minimum Gasteiger partial charge on any atom is -0.478 e. The summed E-state index contributed by atoms with van der Waals surface area (Å²) in [6.07, 6.45) is 1.72. The molecule has 104 valence electrons. The molecule has 0 fully saturated rings. The summed E-state index contributed by atoms with van der Waals surface area (Å²) in [5.41, 5.74) is 4.12. The summed E-state index contributed by atoms with van der Waals surface area (Å²) in [6, 6.07) is 11.2. The summed E-state index contributed by atoms with van der Waals surface area (Å²) in [6.45, 7) is 3.90. The molecule has 0 saturated carbocycles. The normalized spacial score (nSPS) is 10.8. The Morgan fingerprint density at radius 3 is 2.67 bits per heavy atom. The Kier molecular flexibility index (Phi) is 3.14. The molecule has 3 rings (SSSR count). The fraction of sp³-hybridized carbons (Fsp3) is 0.118. The molecule has 1 N–H and O–H groups in total. The molecule has 4 heteroatoms. The van der Waals surface area contributed by atoms with E-state index >= 15 is 0 Å². The quantitative estimate of drug-likeness (QED) is 0.777. The molecule has 0 radical (unpaired) electrons. The Bertz CT molecular complexity index is 857. The van der Waals surface area contributed by atoms with E-state index in [9.17, 15) is 4.79 Å². The third-order valence-corrected chi connectivity index (χ3v) is 3.64. The second-order valence-electron chi connectivity index (χ2n) is 5.07. The van der Waals surface area contributed by atoms with Crippen LogP contribution in [0.4, 0.5) is 0 Å². The smallest absolute Gasteiger partial charge is 0.335 e. The molecule has 0 aliphatic carbocycles. The zero-order valence-corrected chi connectivity index (χ0v) is 11.8. The van der Waals surface area contributed by atoms with E-state index in [1.54, 1.807) is 18.3 Å². The van der Waals surface area contributed by atoms with Crippen molar-refractivity contribution in [3.8, 4) is 11.1 Å². The highest BCUT2D eigenvalue weighted by Gasteiger charge is 2.09. The predicted octanol–water partition coefficient (Wildman–Crippen LogP) is 3.61.